The fourth-order valence-electron chi connectivity index (χ4n) is 1.10. The van der Waals surface area contributed by atoms with E-state index in [9.17, 15) is 0 Å². The van der Waals surface area contributed by atoms with Gasteiger partial charge >= 0.3 is 0 Å². The lowest BCUT2D eigenvalue weighted by atomic mass is 9.99. The van der Waals surface area contributed by atoms with Crippen LogP contribution in [0.1, 0.15) is 20.8 Å². The van der Waals surface area contributed by atoms with Gasteiger partial charge in [-0.2, -0.15) is 0 Å². The summed E-state index contributed by atoms with van der Waals surface area (Å²) in [6.07, 6.45) is 0. The van der Waals surface area contributed by atoms with Crippen LogP contribution in [0.25, 0.3) is 0 Å². The van der Waals surface area contributed by atoms with Crippen LogP contribution in [-0.2, 0) is 0 Å². The third-order valence-corrected chi connectivity index (χ3v) is 1.86. The molecule has 0 bridgehead atoms. The molecule has 90 valence electrons. The van der Waals surface area contributed by atoms with E-state index in [0.29, 0.717) is 13.2 Å². The monoisotopic (exact) mass is 224 g/mol. The third kappa shape index (κ3) is 5.03. The smallest absolute Gasteiger partial charge is 0.119 e. The molecule has 0 spiro atoms. The van der Waals surface area contributed by atoms with Gasteiger partial charge in [0.1, 0.15) is 18.1 Å². The van der Waals surface area contributed by atoms with E-state index in [4.69, 9.17) is 14.6 Å². The summed E-state index contributed by atoms with van der Waals surface area (Å²) in [5.74, 6) is 1.59. The van der Waals surface area contributed by atoms with E-state index in [1.807, 2.05) is 24.3 Å². The van der Waals surface area contributed by atoms with Crippen molar-refractivity contribution >= 4 is 0 Å². The summed E-state index contributed by atoms with van der Waals surface area (Å²) in [6, 6.07) is 7.43. The predicted octanol–water partition coefficient (Wildman–Crippen LogP) is 2.48. The highest BCUT2D eigenvalue weighted by Crippen LogP contribution is 2.20. The van der Waals surface area contributed by atoms with Crippen molar-refractivity contribution in [3.63, 3.8) is 0 Å². The molecule has 1 N–H and O–H groups in total. The zero-order valence-electron chi connectivity index (χ0n) is 10.2. The van der Waals surface area contributed by atoms with Crippen molar-refractivity contribution in [3.8, 4) is 11.5 Å². The molecular weight excluding hydrogens is 204 g/mol. The van der Waals surface area contributed by atoms with Crippen LogP contribution in [0.15, 0.2) is 24.3 Å². The van der Waals surface area contributed by atoms with Gasteiger partial charge in [0.05, 0.1) is 13.2 Å². The van der Waals surface area contributed by atoms with Gasteiger partial charge in [0, 0.05) is 0 Å². The second-order valence-electron chi connectivity index (χ2n) is 4.89. The van der Waals surface area contributed by atoms with E-state index in [1.165, 1.54) is 0 Å². The molecule has 0 aliphatic rings. The van der Waals surface area contributed by atoms with Crippen LogP contribution in [0.4, 0.5) is 0 Å². The second kappa shape index (κ2) is 5.75. The Balaban J connectivity index is 2.45. The first-order valence-electron chi connectivity index (χ1n) is 5.48. The minimum Gasteiger partial charge on any atom is -0.493 e. The molecule has 0 radical (unpaired) electrons. The first-order chi connectivity index (χ1) is 7.51. The molecule has 0 saturated heterocycles. The Morgan fingerprint density at radius 1 is 1.00 bits per heavy atom. The Kier molecular flexibility index (Phi) is 4.62. The van der Waals surface area contributed by atoms with Crippen molar-refractivity contribution in [2.24, 2.45) is 5.41 Å². The summed E-state index contributed by atoms with van der Waals surface area (Å²) < 4.78 is 10.9. The zero-order valence-corrected chi connectivity index (χ0v) is 10.2. The molecule has 0 aromatic heterocycles. The fourth-order valence-corrected chi connectivity index (χ4v) is 1.10. The summed E-state index contributed by atoms with van der Waals surface area (Å²) in [5, 5.41) is 8.61. The van der Waals surface area contributed by atoms with E-state index in [-0.39, 0.29) is 12.0 Å². The maximum atomic E-state index is 8.61. The van der Waals surface area contributed by atoms with Crippen molar-refractivity contribution in [3.05, 3.63) is 24.3 Å². The predicted molar refractivity (Wildman–Crippen MR) is 64.0 cm³/mol. The van der Waals surface area contributed by atoms with Gasteiger partial charge in [-0.1, -0.05) is 20.8 Å². The van der Waals surface area contributed by atoms with Crippen molar-refractivity contribution < 1.29 is 14.6 Å². The SMILES string of the molecule is CC(C)(C)COc1ccc(OCCO)cc1. The average Bonchev–Trinajstić information content (AvgIpc) is 2.24. The summed E-state index contributed by atoms with van der Waals surface area (Å²) in [7, 11) is 0. The molecule has 1 aromatic rings. The molecule has 0 aliphatic carbocycles. The average molecular weight is 224 g/mol. The van der Waals surface area contributed by atoms with Crippen LogP contribution in [0, 0.1) is 5.41 Å². The molecule has 0 saturated carbocycles. The molecule has 3 nitrogen and oxygen atoms in total. The van der Waals surface area contributed by atoms with Crippen LogP contribution >= 0.6 is 0 Å². The van der Waals surface area contributed by atoms with Gasteiger partial charge in [-0.05, 0) is 29.7 Å². The first kappa shape index (κ1) is 12.8. The van der Waals surface area contributed by atoms with Crippen LogP contribution in [0.3, 0.4) is 0 Å². The largest absolute Gasteiger partial charge is 0.493 e. The van der Waals surface area contributed by atoms with Crippen molar-refractivity contribution in [2.75, 3.05) is 19.8 Å². The third-order valence-electron chi connectivity index (χ3n) is 1.86. The van der Waals surface area contributed by atoms with Crippen LogP contribution in [0.5, 0.6) is 11.5 Å². The van der Waals surface area contributed by atoms with Gasteiger partial charge in [-0.15, -0.1) is 0 Å². The highest BCUT2D eigenvalue weighted by molar-refractivity contribution is 5.31. The van der Waals surface area contributed by atoms with E-state index in [2.05, 4.69) is 20.8 Å². The molecule has 16 heavy (non-hydrogen) atoms. The van der Waals surface area contributed by atoms with Crippen LogP contribution < -0.4 is 9.47 Å². The van der Waals surface area contributed by atoms with Gasteiger partial charge in [-0.25, -0.2) is 0 Å². The molecule has 0 amide bonds. The molecular formula is C13H20O3. The second-order valence-corrected chi connectivity index (χ2v) is 4.89. The fraction of sp³-hybridized carbons (Fsp3) is 0.538. The Bertz CT molecular complexity index is 298. The number of hydrogen-bond acceptors (Lipinski definition) is 3. The van der Waals surface area contributed by atoms with Gasteiger partial charge in [0.2, 0.25) is 0 Å². The van der Waals surface area contributed by atoms with Gasteiger partial charge < -0.3 is 14.6 Å². The Morgan fingerprint density at radius 3 is 1.94 bits per heavy atom. The normalized spacial score (nSPS) is 11.2. The van der Waals surface area contributed by atoms with Crippen molar-refractivity contribution in [1.82, 2.24) is 0 Å². The highest BCUT2D eigenvalue weighted by atomic mass is 16.5. The van der Waals surface area contributed by atoms with Crippen LogP contribution in [-0.4, -0.2) is 24.9 Å². The minimum absolute atomic E-state index is 0.0300. The lowest BCUT2D eigenvalue weighted by Crippen LogP contribution is -2.16. The summed E-state index contributed by atoms with van der Waals surface area (Å²) in [5.41, 5.74) is 0.159. The highest BCUT2D eigenvalue weighted by Gasteiger charge is 2.10. The quantitative estimate of drug-likeness (QED) is 0.835. The summed E-state index contributed by atoms with van der Waals surface area (Å²) in [4.78, 5) is 0. The number of aliphatic hydroxyl groups excluding tert-OH is 1. The number of benzene rings is 1. The molecule has 0 aliphatic heterocycles. The molecule has 0 atom stereocenters. The molecule has 1 rings (SSSR count). The van der Waals surface area contributed by atoms with Crippen molar-refractivity contribution in [1.29, 1.82) is 0 Å². The zero-order chi connectivity index (χ0) is 12.0. The standard InChI is InChI=1S/C13H20O3/c1-13(2,3)10-16-12-6-4-11(5-7-12)15-9-8-14/h4-7,14H,8-10H2,1-3H3. The van der Waals surface area contributed by atoms with Crippen LogP contribution in [0.2, 0.25) is 0 Å². The molecule has 1 aromatic carbocycles. The van der Waals surface area contributed by atoms with E-state index in [1.54, 1.807) is 0 Å². The lowest BCUT2D eigenvalue weighted by Gasteiger charge is -2.18. The molecule has 0 heterocycles. The lowest BCUT2D eigenvalue weighted by molar-refractivity contribution is 0.195. The Labute approximate surface area is 97.0 Å². The number of hydrogen-bond donors (Lipinski definition) is 1. The minimum atomic E-state index is 0.0300. The van der Waals surface area contributed by atoms with E-state index >= 15 is 0 Å². The number of ether oxygens (including phenoxy) is 2. The van der Waals surface area contributed by atoms with Gasteiger partial charge in [-0.3, -0.25) is 0 Å². The van der Waals surface area contributed by atoms with E-state index in [0.717, 1.165) is 11.5 Å². The van der Waals surface area contributed by atoms with Crippen molar-refractivity contribution in [2.45, 2.75) is 20.8 Å². The number of rotatable bonds is 5. The molecule has 0 unspecified atom stereocenters. The Morgan fingerprint density at radius 2 is 1.50 bits per heavy atom. The topological polar surface area (TPSA) is 38.7 Å². The van der Waals surface area contributed by atoms with Gasteiger partial charge in [0.15, 0.2) is 0 Å². The summed E-state index contributed by atoms with van der Waals surface area (Å²) in [6.45, 7) is 7.43. The molecule has 3 heteroatoms. The Hall–Kier alpha value is -1.22. The maximum Gasteiger partial charge on any atom is 0.119 e. The molecule has 0 fully saturated rings. The van der Waals surface area contributed by atoms with Gasteiger partial charge in [0.25, 0.3) is 0 Å². The maximum absolute atomic E-state index is 8.61. The summed E-state index contributed by atoms with van der Waals surface area (Å²) >= 11 is 0. The first-order valence-corrected chi connectivity index (χ1v) is 5.48. The van der Waals surface area contributed by atoms with E-state index < -0.39 is 0 Å². The number of aliphatic hydroxyl groups is 1.